The summed E-state index contributed by atoms with van der Waals surface area (Å²) >= 11 is 0. The Hall–Kier alpha value is -2.88. The van der Waals surface area contributed by atoms with Crippen molar-refractivity contribution in [3.63, 3.8) is 0 Å². The van der Waals surface area contributed by atoms with Crippen molar-refractivity contribution >= 4 is 28.3 Å². The quantitative estimate of drug-likeness (QED) is 0.748. The van der Waals surface area contributed by atoms with Crippen molar-refractivity contribution in [2.75, 3.05) is 5.32 Å². The van der Waals surface area contributed by atoms with Gasteiger partial charge in [-0.3, -0.25) is 9.59 Å². The van der Waals surface area contributed by atoms with E-state index < -0.39 is 0 Å². The van der Waals surface area contributed by atoms with Gasteiger partial charge < -0.3 is 9.88 Å². The highest BCUT2D eigenvalue weighted by Gasteiger charge is 2.07. The van der Waals surface area contributed by atoms with Gasteiger partial charge in [0.2, 0.25) is 5.91 Å². The molecule has 2 aromatic carbocycles. The summed E-state index contributed by atoms with van der Waals surface area (Å²) in [4.78, 5) is 23.4. The molecule has 1 heterocycles. The van der Waals surface area contributed by atoms with E-state index >= 15 is 0 Å². The maximum Gasteiger partial charge on any atom is 0.244 e. The van der Waals surface area contributed by atoms with Crippen LogP contribution in [0, 0.1) is 0 Å². The van der Waals surface area contributed by atoms with Gasteiger partial charge in [-0.2, -0.15) is 0 Å². The van der Waals surface area contributed by atoms with Gasteiger partial charge in [0.25, 0.3) is 0 Å². The van der Waals surface area contributed by atoms with Crippen LogP contribution in [0.15, 0.2) is 60.8 Å². The van der Waals surface area contributed by atoms with Gasteiger partial charge in [0.15, 0.2) is 5.78 Å². The van der Waals surface area contributed by atoms with Crippen LogP contribution >= 0.6 is 0 Å². The standard InChI is InChI=1S/C18H16N2O2/c1-13(21)14-6-8-16(9-7-14)19-18(22)12-20-11-10-15-4-2-3-5-17(15)20/h2-11H,12H2,1H3,(H,19,22). The summed E-state index contributed by atoms with van der Waals surface area (Å²) in [6, 6.07) is 16.8. The second-order valence-corrected chi connectivity index (χ2v) is 5.18. The second-order valence-electron chi connectivity index (χ2n) is 5.18. The maximum absolute atomic E-state index is 12.1. The fraction of sp³-hybridized carbons (Fsp3) is 0.111. The van der Waals surface area contributed by atoms with Gasteiger partial charge in [-0.15, -0.1) is 0 Å². The number of nitrogens with zero attached hydrogens (tertiary/aromatic N) is 1. The van der Waals surface area contributed by atoms with E-state index in [0.29, 0.717) is 11.3 Å². The van der Waals surface area contributed by atoms with E-state index in [4.69, 9.17) is 0 Å². The van der Waals surface area contributed by atoms with E-state index in [1.54, 1.807) is 24.3 Å². The number of aromatic nitrogens is 1. The molecule has 0 spiro atoms. The van der Waals surface area contributed by atoms with Crippen LogP contribution in [0.25, 0.3) is 10.9 Å². The van der Waals surface area contributed by atoms with Crippen molar-refractivity contribution in [1.29, 1.82) is 0 Å². The van der Waals surface area contributed by atoms with Crippen LogP contribution < -0.4 is 5.32 Å². The molecule has 1 amide bonds. The van der Waals surface area contributed by atoms with E-state index in [2.05, 4.69) is 5.32 Å². The summed E-state index contributed by atoms with van der Waals surface area (Å²) in [6.45, 7) is 1.77. The van der Waals surface area contributed by atoms with Crippen LogP contribution in [-0.4, -0.2) is 16.3 Å². The number of Topliss-reactive ketones (excluding diaryl/α,β-unsaturated/α-hetero) is 1. The number of hydrogen-bond acceptors (Lipinski definition) is 2. The molecular weight excluding hydrogens is 276 g/mol. The van der Waals surface area contributed by atoms with Crippen LogP contribution in [0.4, 0.5) is 5.69 Å². The number of rotatable bonds is 4. The van der Waals surface area contributed by atoms with Gasteiger partial charge in [0.1, 0.15) is 6.54 Å². The highest BCUT2D eigenvalue weighted by molar-refractivity contribution is 5.96. The van der Waals surface area contributed by atoms with Crippen LogP contribution in [0.2, 0.25) is 0 Å². The normalized spacial score (nSPS) is 10.6. The number of carbonyl (C=O) groups is 2. The van der Waals surface area contributed by atoms with E-state index in [9.17, 15) is 9.59 Å². The molecule has 4 nitrogen and oxygen atoms in total. The summed E-state index contributed by atoms with van der Waals surface area (Å²) in [5, 5.41) is 3.95. The van der Waals surface area contributed by atoms with E-state index in [1.165, 1.54) is 6.92 Å². The second kappa shape index (κ2) is 5.85. The fourth-order valence-electron chi connectivity index (χ4n) is 2.42. The lowest BCUT2D eigenvalue weighted by Gasteiger charge is -2.08. The van der Waals surface area contributed by atoms with Crippen LogP contribution in [0.5, 0.6) is 0 Å². The molecule has 0 saturated heterocycles. The zero-order chi connectivity index (χ0) is 15.5. The van der Waals surface area contributed by atoms with Gasteiger partial charge in [0.05, 0.1) is 0 Å². The Morgan fingerprint density at radius 1 is 1.00 bits per heavy atom. The van der Waals surface area contributed by atoms with Crippen molar-refractivity contribution in [2.24, 2.45) is 0 Å². The molecule has 1 N–H and O–H groups in total. The number of anilines is 1. The predicted molar refractivity (Wildman–Crippen MR) is 87.0 cm³/mol. The molecule has 3 rings (SSSR count). The lowest BCUT2D eigenvalue weighted by Crippen LogP contribution is -2.18. The molecule has 0 bridgehead atoms. The number of ketones is 1. The molecule has 1 aromatic heterocycles. The average molecular weight is 292 g/mol. The first-order chi connectivity index (χ1) is 10.6. The van der Waals surface area contributed by atoms with Crippen LogP contribution in [0.3, 0.4) is 0 Å². The molecule has 0 aliphatic carbocycles. The first-order valence-electron chi connectivity index (χ1n) is 7.08. The first kappa shape index (κ1) is 14.1. The summed E-state index contributed by atoms with van der Waals surface area (Å²) in [6.07, 6.45) is 1.91. The van der Waals surface area contributed by atoms with Gasteiger partial charge in [0, 0.05) is 23.0 Å². The highest BCUT2D eigenvalue weighted by Crippen LogP contribution is 2.15. The molecule has 0 aliphatic rings. The summed E-state index contributed by atoms with van der Waals surface area (Å²) in [7, 11) is 0. The van der Waals surface area contributed by atoms with Gasteiger partial charge >= 0.3 is 0 Å². The number of hydrogen-bond donors (Lipinski definition) is 1. The number of benzene rings is 2. The van der Waals surface area contributed by atoms with Gasteiger partial charge in [-0.05, 0) is 48.7 Å². The average Bonchev–Trinajstić information content (AvgIpc) is 2.91. The Labute approximate surface area is 128 Å². The summed E-state index contributed by atoms with van der Waals surface area (Å²) in [5.41, 5.74) is 2.35. The van der Waals surface area contributed by atoms with Crippen molar-refractivity contribution < 1.29 is 9.59 Å². The lowest BCUT2D eigenvalue weighted by atomic mass is 10.1. The zero-order valence-electron chi connectivity index (χ0n) is 12.2. The van der Waals surface area contributed by atoms with E-state index in [1.807, 2.05) is 41.1 Å². The number of fused-ring (bicyclic) bond motifs is 1. The molecule has 110 valence electrons. The predicted octanol–water partition coefficient (Wildman–Crippen LogP) is 3.48. The smallest absolute Gasteiger partial charge is 0.244 e. The lowest BCUT2D eigenvalue weighted by molar-refractivity contribution is -0.116. The third-order valence-electron chi connectivity index (χ3n) is 3.57. The van der Waals surface area contributed by atoms with Crippen LogP contribution in [-0.2, 0) is 11.3 Å². The third kappa shape index (κ3) is 2.91. The molecule has 0 aliphatic heterocycles. The molecule has 0 radical (unpaired) electrons. The Morgan fingerprint density at radius 3 is 2.45 bits per heavy atom. The third-order valence-corrected chi connectivity index (χ3v) is 3.57. The van der Waals surface area contributed by atoms with Crippen molar-refractivity contribution in [1.82, 2.24) is 4.57 Å². The molecule has 0 fully saturated rings. The minimum Gasteiger partial charge on any atom is -0.338 e. The highest BCUT2D eigenvalue weighted by atomic mass is 16.2. The van der Waals surface area contributed by atoms with Crippen molar-refractivity contribution in [2.45, 2.75) is 13.5 Å². The maximum atomic E-state index is 12.1. The Morgan fingerprint density at radius 2 is 1.73 bits per heavy atom. The molecule has 3 aromatic rings. The molecule has 0 atom stereocenters. The Bertz CT molecular complexity index is 832. The summed E-state index contributed by atoms with van der Waals surface area (Å²) in [5.74, 6) is -0.0892. The van der Waals surface area contributed by atoms with Crippen molar-refractivity contribution in [3.8, 4) is 0 Å². The summed E-state index contributed by atoms with van der Waals surface area (Å²) < 4.78 is 1.91. The molecule has 0 saturated carbocycles. The number of amides is 1. The molecule has 0 unspecified atom stereocenters. The Balaban J connectivity index is 1.71. The minimum atomic E-state index is -0.100. The van der Waals surface area contributed by atoms with E-state index in [-0.39, 0.29) is 18.2 Å². The first-order valence-corrected chi connectivity index (χ1v) is 7.08. The van der Waals surface area contributed by atoms with Gasteiger partial charge in [-0.25, -0.2) is 0 Å². The number of para-hydroxylation sites is 1. The Kier molecular flexibility index (Phi) is 3.74. The number of carbonyl (C=O) groups excluding carboxylic acids is 2. The SMILES string of the molecule is CC(=O)c1ccc(NC(=O)Cn2ccc3ccccc32)cc1. The topological polar surface area (TPSA) is 51.1 Å². The molecular formula is C18H16N2O2. The van der Waals surface area contributed by atoms with Crippen molar-refractivity contribution in [3.05, 3.63) is 66.4 Å². The molecule has 22 heavy (non-hydrogen) atoms. The zero-order valence-corrected chi connectivity index (χ0v) is 12.2. The molecule has 4 heteroatoms. The minimum absolute atomic E-state index is 0.0108. The van der Waals surface area contributed by atoms with E-state index in [0.717, 1.165) is 10.9 Å². The fourth-order valence-corrected chi connectivity index (χ4v) is 2.42. The van der Waals surface area contributed by atoms with Crippen LogP contribution in [0.1, 0.15) is 17.3 Å². The number of nitrogens with one attached hydrogen (secondary N) is 1. The van der Waals surface area contributed by atoms with Gasteiger partial charge in [-0.1, -0.05) is 18.2 Å². The largest absolute Gasteiger partial charge is 0.338 e. The monoisotopic (exact) mass is 292 g/mol.